The van der Waals surface area contributed by atoms with Crippen LogP contribution < -0.4 is 10.7 Å². The van der Waals surface area contributed by atoms with Gasteiger partial charge in [0.05, 0.1) is 5.52 Å². The van der Waals surface area contributed by atoms with Gasteiger partial charge < -0.3 is 9.32 Å². The zero-order valence-corrected chi connectivity index (χ0v) is 12.4. The largest absolute Gasteiger partial charge is 0.419 e. The summed E-state index contributed by atoms with van der Waals surface area (Å²) in [6, 6.07) is 14.5. The summed E-state index contributed by atoms with van der Waals surface area (Å²) in [5.74, 6) is -0.542. The lowest BCUT2D eigenvalue weighted by atomic mass is 10.1. The Morgan fingerprint density at radius 3 is 2.59 bits per heavy atom. The second-order valence-corrected chi connectivity index (χ2v) is 4.99. The number of carbonyl (C=O) groups excluding carboxylic acids is 1. The molecule has 0 aliphatic rings. The summed E-state index contributed by atoms with van der Waals surface area (Å²) in [6.07, 6.45) is 0. The first kappa shape index (κ1) is 14.1. The van der Waals surface area contributed by atoms with E-state index < -0.39 is 5.76 Å². The second kappa shape index (κ2) is 5.52. The van der Waals surface area contributed by atoms with Gasteiger partial charge in [0.2, 0.25) is 0 Å². The van der Waals surface area contributed by atoms with Gasteiger partial charge >= 0.3 is 5.76 Å². The molecular weight excluding hydrogens is 280 g/mol. The first-order valence-electron chi connectivity index (χ1n) is 7.08. The Morgan fingerprint density at radius 1 is 1.18 bits per heavy atom. The summed E-state index contributed by atoms with van der Waals surface area (Å²) in [7, 11) is 1.62. The number of aromatic nitrogens is 1. The van der Waals surface area contributed by atoms with Crippen molar-refractivity contribution in [2.75, 3.05) is 11.4 Å². The Hall–Kier alpha value is -2.82. The van der Waals surface area contributed by atoms with E-state index in [0.717, 1.165) is 5.69 Å². The molecule has 3 aromatic rings. The van der Waals surface area contributed by atoms with Crippen LogP contribution in [-0.2, 0) is 7.05 Å². The SMILES string of the molecule is CCN(C(=O)c1ccc2oc(=O)n(C)c2c1)c1ccccc1. The maximum Gasteiger partial charge on any atom is 0.419 e. The van der Waals surface area contributed by atoms with E-state index >= 15 is 0 Å². The lowest BCUT2D eigenvalue weighted by Gasteiger charge is -2.21. The van der Waals surface area contributed by atoms with E-state index in [9.17, 15) is 9.59 Å². The Kier molecular flexibility index (Phi) is 3.55. The normalized spacial score (nSPS) is 10.8. The molecule has 0 unspecified atom stereocenters. The molecule has 2 aromatic carbocycles. The highest BCUT2D eigenvalue weighted by Gasteiger charge is 2.17. The number of rotatable bonds is 3. The Morgan fingerprint density at radius 2 is 1.91 bits per heavy atom. The number of hydrogen-bond donors (Lipinski definition) is 0. The van der Waals surface area contributed by atoms with Crippen LogP contribution in [0.5, 0.6) is 0 Å². The monoisotopic (exact) mass is 296 g/mol. The van der Waals surface area contributed by atoms with Crippen LogP contribution >= 0.6 is 0 Å². The minimum absolute atomic E-state index is 0.107. The Bertz CT molecular complexity index is 878. The smallest absolute Gasteiger partial charge is 0.408 e. The fraction of sp³-hybridized carbons (Fsp3) is 0.176. The lowest BCUT2D eigenvalue weighted by molar-refractivity contribution is 0.0988. The van der Waals surface area contributed by atoms with E-state index in [1.807, 2.05) is 37.3 Å². The molecule has 3 rings (SSSR count). The van der Waals surface area contributed by atoms with Gasteiger partial charge in [0.15, 0.2) is 5.58 Å². The van der Waals surface area contributed by atoms with Crippen molar-refractivity contribution >= 4 is 22.7 Å². The van der Waals surface area contributed by atoms with Gasteiger partial charge in [-0.05, 0) is 37.3 Å². The number of benzene rings is 2. The molecule has 0 N–H and O–H groups in total. The zero-order valence-electron chi connectivity index (χ0n) is 12.4. The summed E-state index contributed by atoms with van der Waals surface area (Å²) < 4.78 is 6.48. The van der Waals surface area contributed by atoms with Crippen molar-refractivity contribution in [3.8, 4) is 0 Å². The number of para-hydroxylation sites is 1. The highest BCUT2D eigenvalue weighted by molar-refractivity contribution is 6.07. The molecule has 1 aromatic heterocycles. The van der Waals surface area contributed by atoms with Gasteiger partial charge in [-0.25, -0.2) is 4.79 Å². The average molecular weight is 296 g/mol. The molecule has 0 fully saturated rings. The maximum absolute atomic E-state index is 12.7. The molecule has 0 aliphatic heterocycles. The predicted molar refractivity (Wildman–Crippen MR) is 85.2 cm³/mol. The van der Waals surface area contributed by atoms with Crippen LogP contribution in [0.4, 0.5) is 5.69 Å². The van der Waals surface area contributed by atoms with Crippen molar-refractivity contribution in [3.63, 3.8) is 0 Å². The second-order valence-electron chi connectivity index (χ2n) is 4.99. The fourth-order valence-electron chi connectivity index (χ4n) is 2.47. The van der Waals surface area contributed by atoms with Crippen molar-refractivity contribution in [1.82, 2.24) is 4.57 Å². The Balaban J connectivity index is 2.04. The number of fused-ring (bicyclic) bond motifs is 1. The zero-order chi connectivity index (χ0) is 15.7. The Labute approximate surface area is 127 Å². The van der Waals surface area contributed by atoms with Crippen molar-refractivity contribution in [2.24, 2.45) is 7.05 Å². The van der Waals surface area contributed by atoms with Crippen LogP contribution in [0.15, 0.2) is 57.7 Å². The van der Waals surface area contributed by atoms with Crippen molar-refractivity contribution < 1.29 is 9.21 Å². The van der Waals surface area contributed by atoms with Gasteiger partial charge in [0.1, 0.15) is 0 Å². The van der Waals surface area contributed by atoms with Gasteiger partial charge in [-0.3, -0.25) is 9.36 Å². The molecule has 22 heavy (non-hydrogen) atoms. The van der Waals surface area contributed by atoms with Gasteiger partial charge in [0.25, 0.3) is 5.91 Å². The van der Waals surface area contributed by atoms with Gasteiger partial charge in [0, 0.05) is 24.8 Å². The standard InChI is InChI=1S/C17H16N2O3/c1-3-19(13-7-5-4-6-8-13)16(20)12-9-10-15-14(11-12)18(2)17(21)22-15/h4-11H,3H2,1-2H3. The highest BCUT2D eigenvalue weighted by Crippen LogP contribution is 2.19. The van der Waals surface area contributed by atoms with E-state index in [0.29, 0.717) is 23.2 Å². The van der Waals surface area contributed by atoms with Crippen molar-refractivity contribution in [3.05, 3.63) is 64.6 Å². The molecule has 0 saturated carbocycles. The third-order valence-corrected chi connectivity index (χ3v) is 3.67. The quantitative estimate of drug-likeness (QED) is 0.747. The number of nitrogens with zero attached hydrogens (tertiary/aromatic N) is 2. The topological polar surface area (TPSA) is 55.5 Å². The number of carbonyl (C=O) groups is 1. The molecular formula is C17H16N2O3. The van der Waals surface area contributed by atoms with Gasteiger partial charge in [-0.1, -0.05) is 18.2 Å². The highest BCUT2D eigenvalue weighted by atomic mass is 16.4. The summed E-state index contributed by atoms with van der Waals surface area (Å²) in [5.41, 5.74) is 2.46. The molecule has 5 heteroatoms. The molecule has 0 aliphatic carbocycles. The van der Waals surface area contributed by atoms with E-state index in [2.05, 4.69) is 0 Å². The summed E-state index contributed by atoms with van der Waals surface area (Å²) in [5, 5.41) is 0. The van der Waals surface area contributed by atoms with E-state index in [4.69, 9.17) is 4.42 Å². The van der Waals surface area contributed by atoms with Crippen LogP contribution in [0.3, 0.4) is 0 Å². The average Bonchev–Trinajstić information content (AvgIpc) is 2.83. The summed E-state index contributed by atoms with van der Waals surface area (Å²) >= 11 is 0. The number of amides is 1. The maximum atomic E-state index is 12.7. The minimum Gasteiger partial charge on any atom is -0.408 e. The summed E-state index contributed by atoms with van der Waals surface area (Å²) in [4.78, 5) is 26.0. The number of anilines is 1. The minimum atomic E-state index is -0.435. The van der Waals surface area contributed by atoms with Crippen molar-refractivity contribution in [1.29, 1.82) is 0 Å². The van der Waals surface area contributed by atoms with Crippen LogP contribution in [0, 0.1) is 0 Å². The first-order valence-corrected chi connectivity index (χ1v) is 7.08. The molecule has 112 valence electrons. The number of oxazole rings is 1. The van der Waals surface area contributed by atoms with Crippen LogP contribution in [0.1, 0.15) is 17.3 Å². The van der Waals surface area contributed by atoms with E-state index in [1.54, 1.807) is 30.1 Å². The van der Waals surface area contributed by atoms with Crippen molar-refractivity contribution in [2.45, 2.75) is 6.92 Å². The van der Waals surface area contributed by atoms with Crippen LogP contribution in [0.25, 0.3) is 11.1 Å². The van der Waals surface area contributed by atoms with Gasteiger partial charge in [-0.15, -0.1) is 0 Å². The molecule has 5 nitrogen and oxygen atoms in total. The number of hydrogen-bond acceptors (Lipinski definition) is 3. The van der Waals surface area contributed by atoms with Crippen LogP contribution in [-0.4, -0.2) is 17.0 Å². The summed E-state index contributed by atoms with van der Waals surface area (Å²) in [6.45, 7) is 2.49. The molecule has 1 amide bonds. The van der Waals surface area contributed by atoms with Crippen LogP contribution in [0.2, 0.25) is 0 Å². The third kappa shape index (κ3) is 2.30. The van der Waals surface area contributed by atoms with E-state index in [-0.39, 0.29) is 5.91 Å². The molecule has 0 radical (unpaired) electrons. The first-order chi connectivity index (χ1) is 10.6. The fourth-order valence-corrected chi connectivity index (χ4v) is 2.47. The lowest BCUT2D eigenvalue weighted by Crippen LogP contribution is -2.30. The molecule has 0 bridgehead atoms. The molecule has 1 heterocycles. The van der Waals surface area contributed by atoms with Gasteiger partial charge in [-0.2, -0.15) is 0 Å². The molecule has 0 spiro atoms. The molecule has 0 atom stereocenters. The van der Waals surface area contributed by atoms with E-state index in [1.165, 1.54) is 4.57 Å². The predicted octanol–water partition coefficient (Wildman–Crippen LogP) is 2.80. The number of aryl methyl sites for hydroxylation is 1. The third-order valence-electron chi connectivity index (χ3n) is 3.67. The molecule has 0 saturated heterocycles.